The Morgan fingerprint density at radius 1 is 1.00 bits per heavy atom. The third-order valence-electron chi connectivity index (χ3n) is 3.79. The number of anilines is 1. The van der Waals surface area contributed by atoms with Gasteiger partial charge in [0.15, 0.2) is 0 Å². The van der Waals surface area contributed by atoms with Crippen LogP contribution < -0.4 is 5.73 Å². The van der Waals surface area contributed by atoms with Crippen LogP contribution in [0.25, 0.3) is 0 Å². The molecule has 0 bridgehead atoms. The van der Waals surface area contributed by atoms with Crippen LogP contribution in [0.4, 0.5) is 5.69 Å². The van der Waals surface area contributed by atoms with Crippen LogP contribution in [0, 0.1) is 0 Å². The van der Waals surface area contributed by atoms with Gasteiger partial charge in [-0.05, 0) is 42.2 Å². The van der Waals surface area contributed by atoms with E-state index in [1.165, 1.54) is 24.0 Å². The SMILES string of the molecule is Nc1ccccc1CN(Cc1ccc(Cl)cc1)C1CC1. The first-order chi connectivity index (χ1) is 9.72. The summed E-state index contributed by atoms with van der Waals surface area (Å²) in [6.45, 7) is 1.87. The van der Waals surface area contributed by atoms with Crippen molar-refractivity contribution in [1.82, 2.24) is 4.90 Å². The lowest BCUT2D eigenvalue weighted by atomic mass is 10.1. The molecule has 20 heavy (non-hydrogen) atoms. The third-order valence-corrected chi connectivity index (χ3v) is 4.04. The maximum atomic E-state index is 6.06. The fraction of sp³-hybridized carbons (Fsp3) is 0.294. The Labute approximate surface area is 125 Å². The summed E-state index contributed by atoms with van der Waals surface area (Å²) in [5.74, 6) is 0. The van der Waals surface area contributed by atoms with Gasteiger partial charge in [-0.3, -0.25) is 4.90 Å². The highest BCUT2D eigenvalue weighted by atomic mass is 35.5. The standard InChI is InChI=1S/C17H19ClN2/c18-15-7-5-13(6-8-15)11-20(16-9-10-16)12-14-3-1-2-4-17(14)19/h1-8,16H,9-12,19H2. The van der Waals surface area contributed by atoms with Gasteiger partial charge in [0.25, 0.3) is 0 Å². The molecule has 2 aromatic rings. The van der Waals surface area contributed by atoms with E-state index in [1.54, 1.807) is 0 Å². The molecule has 104 valence electrons. The lowest BCUT2D eigenvalue weighted by molar-refractivity contribution is 0.246. The molecule has 2 N–H and O–H groups in total. The topological polar surface area (TPSA) is 29.3 Å². The average molecular weight is 287 g/mol. The van der Waals surface area contributed by atoms with Gasteiger partial charge < -0.3 is 5.73 Å². The summed E-state index contributed by atoms with van der Waals surface area (Å²) in [5.41, 5.74) is 9.46. The summed E-state index contributed by atoms with van der Waals surface area (Å²) in [4.78, 5) is 2.51. The fourth-order valence-corrected chi connectivity index (χ4v) is 2.60. The molecule has 2 nitrogen and oxygen atoms in total. The van der Waals surface area contributed by atoms with E-state index in [0.29, 0.717) is 6.04 Å². The summed E-state index contributed by atoms with van der Waals surface area (Å²) in [5, 5.41) is 0.791. The van der Waals surface area contributed by atoms with E-state index >= 15 is 0 Å². The molecule has 0 radical (unpaired) electrons. The molecule has 0 heterocycles. The number of hydrogen-bond donors (Lipinski definition) is 1. The zero-order valence-electron chi connectivity index (χ0n) is 11.4. The molecule has 1 saturated carbocycles. The largest absolute Gasteiger partial charge is 0.398 e. The predicted molar refractivity (Wildman–Crippen MR) is 84.6 cm³/mol. The second-order valence-electron chi connectivity index (χ2n) is 5.46. The second-order valence-corrected chi connectivity index (χ2v) is 5.90. The van der Waals surface area contributed by atoms with Crippen molar-refractivity contribution in [1.29, 1.82) is 0 Å². The number of nitrogen functional groups attached to an aromatic ring is 1. The van der Waals surface area contributed by atoms with E-state index in [9.17, 15) is 0 Å². The quantitative estimate of drug-likeness (QED) is 0.839. The van der Waals surface area contributed by atoms with Crippen LogP contribution in [-0.4, -0.2) is 10.9 Å². The van der Waals surface area contributed by atoms with E-state index in [2.05, 4.69) is 29.2 Å². The minimum Gasteiger partial charge on any atom is -0.398 e. The molecule has 0 spiro atoms. The van der Waals surface area contributed by atoms with Crippen molar-refractivity contribution in [3.05, 3.63) is 64.7 Å². The van der Waals surface area contributed by atoms with Crippen molar-refractivity contribution >= 4 is 17.3 Å². The van der Waals surface area contributed by atoms with Gasteiger partial charge in [-0.25, -0.2) is 0 Å². The Morgan fingerprint density at radius 2 is 1.70 bits per heavy atom. The smallest absolute Gasteiger partial charge is 0.0406 e. The number of para-hydroxylation sites is 1. The average Bonchev–Trinajstić information content (AvgIpc) is 3.27. The molecule has 1 fully saturated rings. The molecule has 3 heteroatoms. The zero-order valence-corrected chi connectivity index (χ0v) is 12.2. The van der Waals surface area contributed by atoms with Crippen LogP contribution in [0.2, 0.25) is 5.02 Å². The summed E-state index contributed by atoms with van der Waals surface area (Å²) >= 11 is 5.94. The van der Waals surface area contributed by atoms with Gasteiger partial charge in [0.05, 0.1) is 0 Å². The predicted octanol–water partition coefficient (Wildman–Crippen LogP) is 4.09. The number of hydrogen-bond acceptors (Lipinski definition) is 2. The molecule has 0 aliphatic heterocycles. The van der Waals surface area contributed by atoms with Crippen molar-refractivity contribution in [2.75, 3.05) is 5.73 Å². The lowest BCUT2D eigenvalue weighted by Crippen LogP contribution is -2.25. The van der Waals surface area contributed by atoms with Crippen LogP contribution in [-0.2, 0) is 13.1 Å². The monoisotopic (exact) mass is 286 g/mol. The first kappa shape index (κ1) is 13.5. The highest BCUT2D eigenvalue weighted by Crippen LogP contribution is 2.30. The number of halogens is 1. The number of nitrogens with zero attached hydrogens (tertiary/aromatic N) is 1. The first-order valence-electron chi connectivity index (χ1n) is 7.04. The lowest BCUT2D eigenvalue weighted by Gasteiger charge is -2.23. The van der Waals surface area contributed by atoms with Crippen LogP contribution >= 0.6 is 11.6 Å². The Hall–Kier alpha value is -1.51. The number of rotatable bonds is 5. The summed E-state index contributed by atoms with van der Waals surface area (Å²) < 4.78 is 0. The van der Waals surface area contributed by atoms with Gasteiger partial charge in [0.1, 0.15) is 0 Å². The van der Waals surface area contributed by atoms with Gasteiger partial charge in [0, 0.05) is 29.8 Å². The number of nitrogens with two attached hydrogens (primary N) is 1. The van der Waals surface area contributed by atoms with Crippen LogP contribution in [0.3, 0.4) is 0 Å². The van der Waals surface area contributed by atoms with E-state index in [1.807, 2.05) is 24.3 Å². The van der Waals surface area contributed by atoms with Crippen molar-refractivity contribution in [3.63, 3.8) is 0 Å². The van der Waals surface area contributed by atoms with Gasteiger partial charge in [-0.1, -0.05) is 41.9 Å². The molecular formula is C17H19ClN2. The molecule has 1 aliphatic rings. The molecule has 2 aromatic carbocycles. The van der Waals surface area contributed by atoms with Crippen LogP contribution in [0.15, 0.2) is 48.5 Å². The minimum atomic E-state index is 0.699. The third kappa shape index (κ3) is 3.33. The summed E-state index contributed by atoms with van der Waals surface area (Å²) in [6, 6.07) is 17.0. The number of benzene rings is 2. The minimum absolute atomic E-state index is 0.699. The fourth-order valence-electron chi connectivity index (χ4n) is 2.48. The normalized spacial score (nSPS) is 14.7. The van der Waals surface area contributed by atoms with Crippen molar-refractivity contribution in [2.24, 2.45) is 0 Å². The Morgan fingerprint density at radius 3 is 2.35 bits per heavy atom. The van der Waals surface area contributed by atoms with Crippen molar-refractivity contribution in [2.45, 2.75) is 32.0 Å². The molecule has 0 amide bonds. The Kier molecular flexibility index (Phi) is 3.95. The van der Waals surface area contributed by atoms with E-state index in [0.717, 1.165) is 23.8 Å². The van der Waals surface area contributed by atoms with Gasteiger partial charge in [-0.15, -0.1) is 0 Å². The maximum absolute atomic E-state index is 6.06. The highest BCUT2D eigenvalue weighted by Gasteiger charge is 2.29. The molecule has 0 aromatic heterocycles. The molecule has 0 saturated heterocycles. The van der Waals surface area contributed by atoms with E-state index < -0.39 is 0 Å². The van der Waals surface area contributed by atoms with Gasteiger partial charge >= 0.3 is 0 Å². The second kappa shape index (κ2) is 5.86. The maximum Gasteiger partial charge on any atom is 0.0406 e. The van der Waals surface area contributed by atoms with E-state index in [-0.39, 0.29) is 0 Å². The van der Waals surface area contributed by atoms with Crippen LogP contribution in [0.1, 0.15) is 24.0 Å². The summed E-state index contributed by atoms with van der Waals surface area (Å²) in [6.07, 6.45) is 2.58. The highest BCUT2D eigenvalue weighted by molar-refractivity contribution is 6.30. The van der Waals surface area contributed by atoms with Gasteiger partial charge in [-0.2, -0.15) is 0 Å². The van der Waals surface area contributed by atoms with Crippen LogP contribution in [0.5, 0.6) is 0 Å². The molecule has 1 aliphatic carbocycles. The zero-order chi connectivity index (χ0) is 13.9. The first-order valence-corrected chi connectivity index (χ1v) is 7.42. The van der Waals surface area contributed by atoms with E-state index in [4.69, 9.17) is 17.3 Å². The Bertz CT molecular complexity index is 576. The molecule has 0 unspecified atom stereocenters. The van der Waals surface area contributed by atoms with Crippen molar-refractivity contribution < 1.29 is 0 Å². The summed E-state index contributed by atoms with van der Waals surface area (Å²) in [7, 11) is 0. The molecule has 0 atom stereocenters. The molecular weight excluding hydrogens is 268 g/mol. The molecule has 3 rings (SSSR count). The van der Waals surface area contributed by atoms with Crippen molar-refractivity contribution in [3.8, 4) is 0 Å². The van der Waals surface area contributed by atoms with Gasteiger partial charge in [0.2, 0.25) is 0 Å². The Balaban J connectivity index is 1.73.